The summed E-state index contributed by atoms with van der Waals surface area (Å²) in [6.07, 6.45) is -4.60. The predicted octanol–water partition coefficient (Wildman–Crippen LogP) is 6.14. The molecule has 21 heavy (non-hydrogen) atoms. The number of alkyl halides is 4. The first-order valence-corrected chi connectivity index (χ1v) is 7.02. The van der Waals surface area contributed by atoms with Crippen LogP contribution in [0.25, 0.3) is 0 Å². The maximum atomic E-state index is 13.2. The molecule has 0 aliphatic heterocycles. The molecule has 7 heteroatoms. The van der Waals surface area contributed by atoms with Gasteiger partial charge in [-0.2, -0.15) is 13.2 Å². The van der Waals surface area contributed by atoms with E-state index in [9.17, 15) is 17.6 Å². The summed E-state index contributed by atoms with van der Waals surface area (Å²) in [4.78, 5) is 0. The Morgan fingerprint density at radius 3 is 2.38 bits per heavy atom. The highest BCUT2D eigenvalue weighted by Gasteiger charge is 2.34. The quantitative estimate of drug-likeness (QED) is 0.457. The van der Waals surface area contributed by atoms with Crippen molar-refractivity contribution >= 4 is 27.5 Å². The molecule has 0 saturated carbocycles. The number of rotatable bonds is 3. The molecule has 0 spiro atoms. The van der Waals surface area contributed by atoms with Gasteiger partial charge in [0.2, 0.25) is 0 Å². The summed E-state index contributed by atoms with van der Waals surface area (Å²) in [6, 6.07) is 7.05. The molecule has 0 amide bonds. The van der Waals surface area contributed by atoms with Crippen molar-refractivity contribution < 1.29 is 22.3 Å². The Hall–Kier alpha value is -1.27. The number of benzene rings is 2. The number of halogens is 6. The first-order chi connectivity index (χ1) is 9.79. The summed E-state index contributed by atoms with van der Waals surface area (Å²) in [5, 5.41) is 0. The van der Waals surface area contributed by atoms with Gasteiger partial charge in [0.15, 0.2) is 0 Å². The van der Waals surface area contributed by atoms with Gasteiger partial charge in [-0.3, -0.25) is 0 Å². The highest BCUT2D eigenvalue weighted by atomic mass is 79.9. The fourth-order valence-electron chi connectivity index (χ4n) is 1.69. The summed E-state index contributed by atoms with van der Waals surface area (Å²) < 4.78 is 57.8. The maximum Gasteiger partial charge on any atom is 0.419 e. The van der Waals surface area contributed by atoms with Crippen LogP contribution in [0.15, 0.2) is 40.9 Å². The number of hydrogen-bond acceptors (Lipinski definition) is 1. The third-order valence-corrected chi connectivity index (χ3v) is 3.33. The third kappa shape index (κ3) is 4.11. The van der Waals surface area contributed by atoms with Crippen LogP contribution in [-0.2, 0) is 12.1 Å². The lowest BCUT2D eigenvalue weighted by molar-refractivity contribution is -0.138. The molecule has 0 aromatic heterocycles. The van der Waals surface area contributed by atoms with Gasteiger partial charge in [0.05, 0.1) is 5.56 Å². The molecule has 112 valence electrons. The van der Waals surface area contributed by atoms with Crippen LogP contribution >= 0.6 is 27.5 Å². The smallest absolute Gasteiger partial charge is 0.419 e. The van der Waals surface area contributed by atoms with E-state index >= 15 is 0 Å². The van der Waals surface area contributed by atoms with E-state index in [4.69, 9.17) is 16.3 Å². The summed E-state index contributed by atoms with van der Waals surface area (Å²) in [5.41, 5.74) is -0.641. The van der Waals surface area contributed by atoms with Crippen LogP contribution in [0.1, 0.15) is 11.1 Å². The second-order valence-electron chi connectivity index (χ2n) is 4.17. The first kappa shape index (κ1) is 16.1. The molecule has 0 aliphatic rings. The van der Waals surface area contributed by atoms with E-state index in [1.807, 2.05) is 0 Å². The molecule has 2 aromatic carbocycles. The summed E-state index contributed by atoms with van der Waals surface area (Å²) >= 11 is 8.59. The molecule has 0 radical (unpaired) electrons. The minimum Gasteiger partial charge on any atom is -0.457 e. The topological polar surface area (TPSA) is 9.23 Å². The van der Waals surface area contributed by atoms with Crippen molar-refractivity contribution in [2.24, 2.45) is 0 Å². The zero-order chi connectivity index (χ0) is 15.6. The van der Waals surface area contributed by atoms with E-state index < -0.39 is 23.3 Å². The molecule has 2 aromatic rings. The van der Waals surface area contributed by atoms with Crippen LogP contribution in [0.4, 0.5) is 17.6 Å². The predicted molar refractivity (Wildman–Crippen MR) is 75.2 cm³/mol. The molecule has 0 saturated heterocycles. The molecular formula is C14H8BrClF4O. The minimum absolute atomic E-state index is 0.0361. The normalized spacial score (nSPS) is 11.5. The van der Waals surface area contributed by atoms with Crippen LogP contribution in [0.2, 0.25) is 0 Å². The molecule has 0 aliphatic carbocycles. The summed E-state index contributed by atoms with van der Waals surface area (Å²) in [5.74, 6) is -1.11. The van der Waals surface area contributed by atoms with Gasteiger partial charge >= 0.3 is 6.18 Å². The molecule has 0 bridgehead atoms. The van der Waals surface area contributed by atoms with Crippen molar-refractivity contribution in [2.45, 2.75) is 12.1 Å². The molecule has 1 nitrogen and oxygen atoms in total. The van der Waals surface area contributed by atoms with Crippen molar-refractivity contribution in [3.05, 3.63) is 57.8 Å². The van der Waals surface area contributed by atoms with E-state index in [-0.39, 0.29) is 11.6 Å². The minimum atomic E-state index is -4.60. The van der Waals surface area contributed by atoms with Gasteiger partial charge in [0.25, 0.3) is 0 Å². The second-order valence-corrected chi connectivity index (χ2v) is 5.35. The largest absolute Gasteiger partial charge is 0.457 e. The molecule has 0 unspecified atom stereocenters. The van der Waals surface area contributed by atoms with Crippen molar-refractivity contribution in [3.8, 4) is 11.5 Å². The van der Waals surface area contributed by atoms with E-state index in [1.54, 1.807) is 0 Å². The lowest BCUT2D eigenvalue weighted by Crippen LogP contribution is -2.08. The van der Waals surface area contributed by atoms with Crippen molar-refractivity contribution in [1.29, 1.82) is 0 Å². The third-order valence-electron chi connectivity index (χ3n) is 2.57. The van der Waals surface area contributed by atoms with Gasteiger partial charge in [0, 0.05) is 16.4 Å². The van der Waals surface area contributed by atoms with Gasteiger partial charge in [-0.25, -0.2) is 4.39 Å². The average Bonchev–Trinajstić information content (AvgIpc) is 2.36. The Labute approximate surface area is 131 Å². The van der Waals surface area contributed by atoms with Crippen molar-refractivity contribution in [1.82, 2.24) is 0 Å². The van der Waals surface area contributed by atoms with E-state index in [0.29, 0.717) is 10.0 Å². The average molecular weight is 384 g/mol. The lowest BCUT2D eigenvalue weighted by atomic mass is 10.1. The van der Waals surface area contributed by atoms with Gasteiger partial charge < -0.3 is 4.74 Å². The highest BCUT2D eigenvalue weighted by molar-refractivity contribution is 9.10. The molecular weight excluding hydrogens is 376 g/mol. The van der Waals surface area contributed by atoms with E-state index in [0.717, 1.165) is 12.1 Å². The molecule has 0 atom stereocenters. The van der Waals surface area contributed by atoms with Gasteiger partial charge in [-0.1, -0.05) is 22.0 Å². The first-order valence-electron chi connectivity index (χ1n) is 5.69. The van der Waals surface area contributed by atoms with Crippen molar-refractivity contribution in [2.75, 3.05) is 0 Å². The monoisotopic (exact) mass is 382 g/mol. The van der Waals surface area contributed by atoms with Gasteiger partial charge in [-0.15, -0.1) is 11.6 Å². The zero-order valence-electron chi connectivity index (χ0n) is 10.3. The molecule has 2 rings (SSSR count). The summed E-state index contributed by atoms with van der Waals surface area (Å²) in [6.45, 7) is 0. The van der Waals surface area contributed by atoms with Gasteiger partial charge in [0.1, 0.15) is 17.3 Å². The van der Waals surface area contributed by atoms with Crippen molar-refractivity contribution in [3.63, 3.8) is 0 Å². The zero-order valence-corrected chi connectivity index (χ0v) is 12.7. The van der Waals surface area contributed by atoms with Crippen LogP contribution in [0.5, 0.6) is 11.5 Å². The van der Waals surface area contributed by atoms with Crippen LogP contribution in [0.3, 0.4) is 0 Å². The lowest BCUT2D eigenvalue weighted by Gasteiger charge is -2.15. The molecule has 0 heterocycles. The van der Waals surface area contributed by atoms with E-state index in [2.05, 4.69) is 15.9 Å². The van der Waals surface area contributed by atoms with Gasteiger partial charge in [-0.05, 0) is 29.8 Å². The van der Waals surface area contributed by atoms with Crippen LogP contribution in [-0.4, -0.2) is 0 Å². The second kappa shape index (κ2) is 6.23. The van der Waals surface area contributed by atoms with Crippen LogP contribution in [0, 0.1) is 5.82 Å². The summed E-state index contributed by atoms with van der Waals surface area (Å²) in [7, 11) is 0. The number of hydrogen-bond donors (Lipinski definition) is 0. The van der Waals surface area contributed by atoms with E-state index in [1.165, 1.54) is 24.3 Å². The Morgan fingerprint density at radius 2 is 1.81 bits per heavy atom. The SMILES string of the molecule is Fc1cc(Br)cc(Oc2ccc(CCl)cc2C(F)(F)F)c1. The highest BCUT2D eigenvalue weighted by Crippen LogP contribution is 2.39. The Bertz CT molecular complexity index is 638. The maximum absolute atomic E-state index is 13.2. The Morgan fingerprint density at radius 1 is 1.10 bits per heavy atom. The molecule has 0 fully saturated rings. The fourth-order valence-corrected chi connectivity index (χ4v) is 2.30. The fraction of sp³-hybridized carbons (Fsp3) is 0.143. The Balaban J connectivity index is 2.43. The molecule has 0 N–H and O–H groups in total. The number of ether oxygens (including phenoxy) is 1. The Kier molecular flexibility index (Phi) is 4.78. The standard InChI is InChI=1S/C14H8BrClF4O/c15-9-4-10(17)6-11(5-9)21-13-2-1-8(7-16)3-12(13)14(18,19)20/h1-6H,7H2. The van der Waals surface area contributed by atoms with Crippen LogP contribution < -0.4 is 4.74 Å².